The average Bonchev–Trinajstić information content (AvgIpc) is 3.10. The smallest absolute Gasteiger partial charge is 0.366 e. The maximum absolute atomic E-state index is 13.0. The second kappa shape index (κ2) is 7.97. The van der Waals surface area contributed by atoms with Gasteiger partial charge in [-0.15, -0.1) is 15.3 Å². The van der Waals surface area contributed by atoms with Crippen molar-refractivity contribution >= 4 is 34.7 Å². The number of anilines is 1. The summed E-state index contributed by atoms with van der Waals surface area (Å²) in [6, 6.07) is 8.81. The van der Waals surface area contributed by atoms with Crippen molar-refractivity contribution in [2.75, 3.05) is 18.4 Å². The van der Waals surface area contributed by atoms with E-state index in [-0.39, 0.29) is 11.7 Å². The zero-order valence-corrected chi connectivity index (χ0v) is 16.6. The van der Waals surface area contributed by atoms with Crippen molar-refractivity contribution in [3.05, 3.63) is 51.8 Å². The molecule has 3 aromatic rings. The summed E-state index contributed by atoms with van der Waals surface area (Å²) in [5, 5.41) is 15.0. The zero-order valence-electron chi connectivity index (χ0n) is 15.1. The number of rotatable bonds is 4. The van der Waals surface area contributed by atoms with Gasteiger partial charge in [-0.2, -0.15) is 17.7 Å². The summed E-state index contributed by atoms with van der Waals surface area (Å²) in [7, 11) is 0. The molecule has 0 saturated carbocycles. The van der Waals surface area contributed by atoms with E-state index >= 15 is 0 Å². The van der Waals surface area contributed by atoms with Crippen LogP contribution in [0.1, 0.15) is 24.2 Å². The first kappa shape index (κ1) is 20.2. The highest BCUT2D eigenvalue weighted by atomic mass is 35.5. The van der Waals surface area contributed by atoms with Crippen molar-refractivity contribution in [3.63, 3.8) is 0 Å². The maximum atomic E-state index is 13.0. The van der Waals surface area contributed by atoms with Crippen LogP contribution >= 0.6 is 23.2 Å². The molecule has 6 nitrogen and oxygen atoms in total. The lowest BCUT2D eigenvalue weighted by molar-refractivity contribution is -0.146. The van der Waals surface area contributed by atoms with Crippen LogP contribution in [0.15, 0.2) is 30.3 Å². The van der Waals surface area contributed by atoms with Crippen LogP contribution in [0.5, 0.6) is 0 Å². The molecule has 3 heterocycles. The van der Waals surface area contributed by atoms with Crippen LogP contribution in [0, 0.1) is 0 Å². The van der Waals surface area contributed by atoms with Gasteiger partial charge in [-0.05, 0) is 42.7 Å². The number of alkyl halides is 3. The minimum absolute atomic E-state index is 0.0549. The normalized spacial score (nSPS) is 16.4. The first-order valence-electron chi connectivity index (χ1n) is 9.02. The van der Waals surface area contributed by atoms with Crippen molar-refractivity contribution in [3.8, 4) is 0 Å². The second-order valence-electron chi connectivity index (χ2n) is 6.95. The average molecular weight is 445 g/mol. The molecule has 0 bridgehead atoms. The van der Waals surface area contributed by atoms with Gasteiger partial charge in [0.15, 0.2) is 5.65 Å². The van der Waals surface area contributed by atoms with E-state index in [1.165, 1.54) is 6.07 Å². The Balaban J connectivity index is 1.37. The lowest BCUT2D eigenvalue weighted by Gasteiger charge is -2.32. The van der Waals surface area contributed by atoms with Gasteiger partial charge in [0.25, 0.3) is 5.82 Å². The lowest BCUT2D eigenvalue weighted by atomic mass is 10.0. The second-order valence-corrected chi connectivity index (χ2v) is 7.77. The van der Waals surface area contributed by atoms with Crippen molar-refractivity contribution in [1.82, 2.24) is 24.7 Å². The molecule has 0 atom stereocenters. The number of benzene rings is 1. The number of aromatic nitrogens is 4. The van der Waals surface area contributed by atoms with E-state index in [1.807, 2.05) is 12.1 Å². The molecule has 1 aliphatic heterocycles. The Morgan fingerprint density at radius 1 is 1.03 bits per heavy atom. The Morgan fingerprint density at radius 3 is 2.48 bits per heavy atom. The Kier molecular flexibility index (Phi) is 5.54. The van der Waals surface area contributed by atoms with Gasteiger partial charge in [-0.25, -0.2) is 0 Å². The number of likely N-dealkylation sites (tertiary alicyclic amines) is 1. The number of nitrogens with zero attached hydrogens (tertiary/aromatic N) is 5. The van der Waals surface area contributed by atoms with E-state index in [0.717, 1.165) is 42.6 Å². The third-order valence-electron chi connectivity index (χ3n) is 4.85. The van der Waals surface area contributed by atoms with Gasteiger partial charge in [0.2, 0.25) is 0 Å². The van der Waals surface area contributed by atoms with E-state index in [0.29, 0.717) is 15.9 Å². The van der Waals surface area contributed by atoms with E-state index in [9.17, 15) is 13.2 Å². The fraction of sp³-hybridized carbons (Fsp3) is 0.389. The first-order chi connectivity index (χ1) is 13.8. The van der Waals surface area contributed by atoms with Crippen LogP contribution in [0.2, 0.25) is 10.0 Å². The van der Waals surface area contributed by atoms with Crippen LogP contribution in [-0.2, 0) is 12.7 Å². The minimum Gasteiger partial charge on any atom is -0.366 e. The van der Waals surface area contributed by atoms with Crippen LogP contribution in [0.3, 0.4) is 0 Å². The Hall–Kier alpha value is -2.10. The van der Waals surface area contributed by atoms with Crippen LogP contribution in [0.4, 0.5) is 19.0 Å². The maximum Gasteiger partial charge on any atom is 0.453 e. The Bertz CT molecular complexity index is 1010. The summed E-state index contributed by atoms with van der Waals surface area (Å²) >= 11 is 12.0. The van der Waals surface area contributed by atoms with E-state index in [2.05, 4.69) is 25.5 Å². The van der Waals surface area contributed by atoms with Crippen molar-refractivity contribution in [1.29, 1.82) is 0 Å². The summed E-state index contributed by atoms with van der Waals surface area (Å²) in [5.74, 6) is -0.765. The molecule has 4 rings (SSSR count). The molecule has 1 fully saturated rings. The molecule has 1 N–H and O–H groups in total. The summed E-state index contributed by atoms with van der Waals surface area (Å²) in [6.07, 6.45) is -2.92. The standard InChI is InChI=1S/C18H17Cl2F3N6/c19-13-2-1-11(9-14(13)20)10-28-7-5-12(6-8-28)24-15-3-4-16-25-26-17(18(21,22)23)29(16)27-15/h1-4,9,12H,5-8,10H2,(H,24,27). The number of nitrogens with one attached hydrogen (secondary N) is 1. The molecule has 0 spiro atoms. The van der Waals surface area contributed by atoms with Crippen molar-refractivity contribution in [2.24, 2.45) is 0 Å². The number of piperidine rings is 1. The fourth-order valence-electron chi connectivity index (χ4n) is 3.38. The van der Waals surface area contributed by atoms with Gasteiger partial charge in [-0.1, -0.05) is 29.3 Å². The summed E-state index contributed by atoms with van der Waals surface area (Å²) in [4.78, 5) is 2.30. The highest BCUT2D eigenvalue weighted by Gasteiger charge is 2.37. The molecule has 1 saturated heterocycles. The number of halogens is 5. The van der Waals surface area contributed by atoms with Gasteiger partial charge in [0, 0.05) is 25.7 Å². The Morgan fingerprint density at radius 2 is 1.79 bits per heavy atom. The lowest BCUT2D eigenvalue weighted by Crippen LogP contribution is -2.38. The van der Waals surface area contributed by atoms with Crippen molar-refractivity contribution in [2.45, 2.75) is 31.6 Å². The number of hydrogen-bond donors (Lipinski definition) is 1. The molecule has 0 unspecified atom stereocenters. The molecule has 154 valence electrons. The zero-order chi connectivity index (χ0) is 20.6. The van der Waals surface area contributed by atoms with E-state index < -0.39 is 12.0 Å². The molecule has 0 aliphatic carbocycles. The highest BCUT2D eigenvalue weighted by molar-refractivity contribution is 6.42. The predicted octanol–water partition coefficient (Wildman–Crippen LogP) is 4.53. The highest BCUT2D eigenvalue weighted by Crippen LogP contribution is 2.28. The Labute approximate surface area is 174 Å². The fourth-order valence-corrected chi connectivity index (χ4v) is 3.70. The third kappa shape index (κ3) is 4.57. The van der Waals surface area contributed by atoms with Gasteiger partial charge >= 0.3 is 6.18 Å². The predicted molar refractivity (Wildman–Crippen MR) is 104 cm³/mol. The summed E-state index contributed by atoms with van der Waals surface area (Å²) in [5.41, 5.74) is 1.14. The van der Waals surface area contributed by atoms with E-state index in [1.54, 1.807) is 12.1 Å². The molecule has 29 heavy (non-hydrogen) atoms. The molecule has 1 aliphatic rings. The number of fused-ring (bicyclic) bond motifs is 1. The summed E-state index contributed by atoms with van der Waals surface area (Å²) in [6.45, 7) is 2.46. The summed E-state index contributed by atoms with van der Waals surface area (Å²) < 4.78 is 39.7. The third-order valence-corrected chi connectivity index (χ3v) is 5.59. The molecule has 0 amide bonds. The van der Waals surface area contributed by atoms with Gasteiger partial charge in [0.05, 0.1) is 10.0 Å². The SMILES string of the molecule is FC(F)(F)c1nnc2ccc(NC3CCN(Cc4ccc(Cl)c(Cl)c4)CC3)nn12. The van der Waals surface area contributed by atoms with Gasteiger partial charge in [-0.3, -0.25) is 4.90 Å². The monoisotopic (exact) mass is 444 g/mol. The molecule has 1 aromatic carbocycles. The van der Waals surface area contributed by atoms with Crippen molar-refractivity contribution < 1.29 is 13.2 Å². The van der Waals surface area contributed by atoms with Crippen LogP contribution in [-0.4, -0.2) is 43.8 Å². The molecule has 0 radical (unpaired) electrons. The quantitative estimate of drug-likeness (QED) is 0.640. The number of hydrogen-bond acceptors (Lipinski definition) is 5. The van der Waals surface area contributed by atoms with Gasteiger partial charge < -0.3 is 5.32 Å². The molecule has 2 aromatic heterocycles. The topological polar surface area (TPSA) is 58.4 Å². The molecular formula is C18H17Cl2F3N6. The van der Waals surface area contributed by atoms with Crippen LogP contribution < -0.4 is 5.32 Å². The van der Waals surface area contributed by atoms with E-state index in [4.69, 9.17) is 23.2 Å². The van der Waals surface area contributed by atoms with Crippen LogP contribution in [0.25, 0.3) is 5.65 Å². The molecule has 11 heteroatoms. The largest absolute Gasteiger partial charge is 0.453 e. The molecular weight excluding hydrogens is 428 g/mol. The first-order valence-corrected chi connectivity index (χ1v) is 9.77. The van der Waals surface area contributed by atoms with Gasteiger partial charge in [0.1, 0.15) is 5.82 Å². The minimum atomic E-state index is -4.61.